The van der Waals surface area contributed by atoms with Crippen molar-refractivity contribution in [2.24, 2.45) is 0 Å². The Bertz CT molecular complexity index is 295. The van der Waals surface area contributed by atoms with Crippen LogP contribution >= 0.6 is 15.9 Å². The van der Waals surface area contributed by atoms with Crippen molar-refractivity contribution in [3.05, 3.63) is 46.5 Å². The summed E-state index contributed by atoms with van der Waals surface area (Å²) in [5.41, 5.74) is 2.15. The van der Waals surface area contributed by atoms with E-state index < -0.39 is 0 Å². The molecule has 0 atom stereocenters. The van der Waals surface area contributed by atoms with Crippen molar-refractivity contribution in [3.8, 4) is 0 Å². The monoisotopic (exact) mass is 255 g/mol. The second kappa shape index (κ2) is 5.96. The van der Waals surface area contributed by atoms with E-state index in [2.05, 4.69) is 27.8 Å². The number of aliphatic hydroxyl groups is 1. The Labute approximate surface area is 92.8 Å². The number of nitrogens with one attached hydrogen (secondary N) is 1. The van der Waals surface area contributed by atoms with E-state index in [4.69, 9.17) is 5.11 Å². The number of hydrogen-bond donors (Lipinski definition) is 2. The molecule has 0 radical (unpaired) electrons. The molecule has 0 unspecified atom stereocenters. The maximum Gasteiger partial charge on any atom is 0.0681 e. The molecule has 0 aromatic heterocycles. The minimum atomic E-state index is 0.103. The zero-order chi connectivity index (χ0) is 10.4. The fraction of sp³-hybridized carbons (Fsp3) is 0.273. The van der Waals surface area contributed by atoms with Gasteiger partial charge in [0.1, 0.15) is 0 Å². The van der Waals surface area contributed by atoms with Crippen molar-refractivity contribution >= 4 is 15.9 Å². The quantitative estimate of drug-likeness (QED) is 0.846. The van der Waals surface area contributed by atoms with Gasteiger partial charge in [0, 0.05) is 17.6 Å². The van der Waals surface area contributed by atoms with Crippen LogP contribution in [-0.2, 0) is 13.2 Å². The van der Waals surface area contributed by atoms with Gasteiger partial charge in [-0.15, -0.1) is 0 Å². The highest BCUT2D eigenvalue weighted by molar-refractivity contribution is 9.11. The van der Waals surface area contributed by atoms with E-state index >= 15 is 0 Å². The third-order valence-electron chi connectivity index (χ3n) is 1.85. The molecule has 1 aromatic carbocycles. The van der Waals surface area contributed by atoms with Gasteiger partial charge in [0.15, 0.2) is 0 Å². The van der Waals surface area contributed by atoms with Crippen LogP contribution in [0, 0.1) is 0 Å². The Morgan fingerprint density at radius 2 is 1.86 bits per heavy atom. The van der Waals surface area contributed by atoms with Gasteiger partial charge in [0.2, 0.25) is 0 Å². The van der Waals surface area contributed by atoms with Gasteiger partial charge in [0.25, 0.3) is 0 Å². The molecule has 0 aliphatic carbocycles. The molecule has 0 saturated carbocycles. The van der Waals surface area contributed by atoms with Crippen LogP contribution in [0.2, 0.25) is 0 Å². The summed E-state index contributed by atoms with van der Waals surface area (Å²) in [6.07, 6.45) is 0. The SMILES string of the molecule is C=C(Br)CNCc1ccc(CO)cc1. The molecular weight excluding hydrogens is 242 g/mol. The van der Waals surface area contributed by atoms with E-state index in [0.717, 1.165) is 23.1 Å². The van der Waals surface area contributed by atoms with E-state index in [0.29, 0.717) is 0 Å². The minimum Gasteiger partial charge on any atom is -0.392 e. The van der Waals surface area contributed by atoms with Crippen LogP contribution in [0.1, 0.15) is 11.1 Å². The summed E-state index contributed by atoms with van der Waals surface area (Å²) >= 11 is 3.28. The second-order valence-corrected chi connectivity index (χ2v) is 4.22. The van der Waals surface area contributed by atoms with Gasteiger partial charge in [-0.3, -0.25) is 0 Å². The van der Waals surface area contributed by atoms with Gasteiger partial charge in [-0.2, -0.15) is 0 Å². The zero-order valence-electron chi connectivity index (χ0n) is 7.96. The molecule has 0 aliphatic heterocycles. The van der Waals surface area contributed by atoms with E-state index in [1.54, 1.807) is 0 Å². The Kier molecular flexibility index (Phi) is 4.87. The van der Waals surface area contributed by atoms with Crippen molar-refractivity contribution in [3.63, 3.8) is 0 Å². The molecule has 0 heterocycles. The Morgan fingerprint density at radius 1 is 1.29 bits per heavy atom. The summed E-state index contributed by atoms with van der Waals surface area (Å²) in [5, 5.41) is 12.1. The van der Waals surface area contributed by atoms with Gasteiger partial charge >= 0.3 is 0 Å². The van der Waals surface area contributed by atoms with Crippen molar-refractivity contribution in [2.45, 2.75) is 13.2 Å². The zero-order valence-corrected chi connectivity index (χ0v) is 9.55. The maximum atomic E-state index is 8.84. The molecule has 2 nitrogen and oxygen atoms in total. The van der Waals surface area contributed by atoms with Crippen LogP contribution in [0.25, 0.3) is 0 Å². The van der Waals surface area contributed by atoms with Crippen molar-refractivity contribution in [1.82, 2.24) is 5.32 Å². The number of rotatable bonds is 5. The lowest BCUT2D eigenvalue weighted by Gasteiger charge is -2.04. The molecular formula is C11H14BrNO. The molecule has 0 saturated heterocycles. The van der Waals surface area contributed by atoms with E-state index in [1.165, 1.54) is 5.56 Å². The summed E-state index contributed by atoms with van der Waals surface area (Å²) in [6.45, 7) is 5.42. The van der Waals surface area contributed by atoms with E-state index in [1.807, 2.05) is 24.3 Å². The number of hydrogen-bond acceptors (Lipinski definition) is 2. The summed E-state index contributed by atoms with van der Waals surface area (Å²) in [6, 6.07) is 7.88. The van der Waals surface area contributed by atoms with Gasteiger partial charge in [0.05, 0.1) is 6.61 Å². The first-order chi connectivity index (χ1) is 6.72. The molecule has 0 aliphatic rings. The average Bonchev–Trinajstić information content (AvgIpc) is 2.18. The lowest BCUT2D eigenvalue weighted by Crippen LogP contribution is -2.14. The average molecular weight is 256 g/mol. The molecule has 3 heteroatoms. The van der Waals surface area contributed by atoms with Crippen molar-refractivity contribution in [1.29, 1.82) is 0 Å². The summed E-state index contributed by atoms with van der Waals surface area (Å²) < 4.78 is 0.949. The van der Waals surface area contributed by atoms with Gasteiger partial charge < -0.3 is 10.4 Å². The molecule has 14 heavy (non-hydrogen) atoms. The fourth-order valence-corrected chi connectivity index (χ4v) is 1.30. The highest BCUT2D eigenvalue weighted by atomic mass is 79.9. The van der Waals surface area contributed by atoms with Crippen LogP contribution < -0.4 is 5.32 Å². The summed E-state index contributed by atoms with van der Waals surface area (Å²) in [7, 11) is 0. The molecule has 0 fully saturated rings. The molecule has 76 valence electrons. The highest BCUT2D eigenvalue weighted by Crippen LogP contribution is 2.04. The van der Waals surface area contributed by atoms with Gasteiger partial charge in [-0.25, -0.2) is 0 Å². The van der Waals surface area contributed by atoms with Crippen molar-refractivity contribution < 1.29 is 5.11 Å². The topological polar surface area (TPSA) is 32.3 Å². The lowest BCUT2D eigenvalue weighted by atomic mass is 10.1. The molecule has 2 N–H and O–H groups in total. The Morgan fingerprint density at radius 3 is 2.36 bits per heavy atom. The second-order valence-electron chi connectivity index (χ2n) is 3.10. The summed E-state index contributed by atoms with van der Waals surface area (Å²) in [5.74, 6) is 0. The third kappa shape index (κ3) is 4.05. The first kappa shape index (κ1) is 11.4. The molecule has 1 aromatic rings. The fourth-order valence-electron chi connectivity index (χ4n) is 1.10. The molecule has 0 spiro atoms. The van der Waals surface area contributed by atoms with Gasteiger partial charge in [-0.1, -0.05) is 46.8 Å². The number of benzene rings is 1. The Balaban J connectivity index is 2.40. The predicted molar refractivity (Wildman–Crippen MR) is 62.1 cm³/mol. The first-order valence-electron chi connectivity index (χ1n) is 4.45. The van der Waals surface area contributed by atoms with Crippen LogP contribution in [-0.4, -0.2) is 11.7 Å². The van der Waals surface area contributed by atoms with E-state index in [9.17, 15) is 0 Å². The van der Waals surface area contributed by atoms with E-state index in [-0.39, 0.29) is 6.61 Å². The lowest BCUT2D eigenvalue weighted by molar-refractivity contribution is 0.282. The molecule has 0 amide bonds. The van der Waals surface area contributed by atoms with Crippen LogP contribution in [0.15, 0.2) is 35.3 Å². The number of halogens is 1. The highest BCUT2D eigenvalue weighted by Gasteiger charge is 1.93. The third-order valence-corrected chi connectivity index (χ3v) is 2.13. The summed E-state index contributed by atoms with van der Waals surface area (Å²) in [4.78, 5) is 0. The normalized spacial score (nSPS) is 10.1. The maximum absolute atomic E-state index is 8.84. The van der Waals surface area contributed by atoms with Crippen LogP contribution in [0.3, 0.4) is 0 Å². The smallest absolute Gasteiger partial charge is 0.0681 e. The van der Waals surface area contributed by atoms with Crippen molar-refractivity contribution in [2.75, 3.05) is 6.54 Å². The molecule has 1 rings (SSSR count). The largest absolute Gasteiger partial charge is 0.392 e. The van der Waals surface area contributed by atoms with Crippen LogP contribution in [0.4, 0.5) is 0 Å². The first-order valence-corrected chi connectivity index (χ1v) is 5.24. The molecule has 0 bridgehead atoms. The standard InChI is InChI=1S/C11H14BrNO/c1-9(12)6-13-7-10-2-4-11(8-14)5-3-10/h2-5,13-14H,1,6-8H2. The van der Waals surface area contributed by atoms with Gasteiger partial charge in [-0.05, 0) is 11.1 Å². The number of aliphatic hydroxyl groups excluding tert-OH is 1. The predicted octanol–water partition coefficient (Wildman–Crippen LogP) is 2.18. The van der Waals surface area contributed by atoms with Crippen LogP contribution in [0.5, 0.6) is 0 Å². The minimum absolute atomic E-state index is 0.103. The Hall–Kier alpha value is -0.640.